The van der Waals surface area contributed by atoms with Crippen molar-refractivity contribution in [1.29, 1.82) is 0 Å². The van der Waals surface area contributed by atoms with E-state index in [9.17, 15) is 4.79 Å². The van der Waals surface area contributed by atoms with E-state index in [1.165, 1.54) is 0 Å². The smallest absolute Gasteiger partial charge is 0.338 e. The Bertz CT molecular complexity index is 406. The minimum Gasteiger partial charge on any atom is -0.459 e. The van der Waals surface area contributed by atoms with Crippen LogP contribution in [-0.2, 0) is 9.47 Å². The quantitative estimate of drug-likeness (QED) is 0.738. The summed E-state index contributed by atoms with van der Waals surface area (Å²) in [6.07, 6.45) is 1.61. The number of hydrogen-bond acceptors (Lipinski definition) is 3. The fourth-order valence-corrected chi connectivity index (χ4v) is 1.96. The molecule has 1 fully saturated rings. The maximum Gasteiger partial charge on any atom is 0.338 e. The summed E-state index contributed by atoms with van der Waals surface area (Å²) in [5, 5.41) is 0. The third-order valence-electron chi connectivity index (χ3n) is 3.06. The standard InChI is InChI=1S/C14H18O3/c1-10-3-4-11(2)13(9-10)14(15)17-12-5-7-16-8-6-12/h3-4,9,12H,5-8H2,1-2H3. The summed E-state index contributed by atoms with van der Waals surface area (Å²) in [5.74, 6) is -0.210. The molecule has 1 aliphatic heterocycles. The van der Waals surface area contributed by atoms with Gasteiger partial charge < -0.3 is 9.47 Å². The summed E-state index contributed by atoms with van der Waals surface area (Å²) < 4.78 is 10.7. The van der Waals surface area contributed by atoms with Gasteiger partial charge in [0.2, 0.25) is 0 Å². The van der Waals surface area contributed by atoms with Crippen molar-refractivity contribution in [2.45, 2.75) is 32.8 Å². The highest BCUT2D eigenvalue weighted by Gasteiger charge is 2.20. The second-order valence-electron chi connectivity index (χ2n) is 4.54. The van der Waals surface area contributed by atoms with Crippen molar-refractivity contribution in [2.75, 3.05) is 13.2 Å². The molecule has 0 atom stereocenters. The van der Waals surface area contributed by atoms with Gasteiger partial charge in [-0.15, -0.1) is 0 Å². The maximum absolute atomic E-state index is 12.0. The van der Waals surface area contributed by atoms with Crippen molar-refractivity contribution in [3.05, 3.63) is 34.9 Å². The first-order valence-electron chi connectivity index (χ1n) is 6.03. The van der Waals surface area contributed by atoms with Crippen LogP contribution in [0.15, 0.2) is 18.2 Å². The lowest BCUT2D eigenvalue weighted by molar-refractivity contribution is -0.0159. The van der Waals surface area contributed by atoms with E-state index in [0.29, 0.717) is 18.8 Å². The lowest BCUT2D eigenvalue weighted by Crippen LogP contribution is -2.26. The Hall–Kier alpha value is -1.35. The molecule has 1 aromatic rings. The third kappa shape index (κ3) is 3.07. The van der Waals surface area contributed by atoms with E-state index in [1.807, 2.05) is 32.0 Å². The number of rotatable bonds is 2. The molecule has 3 nitrogen and oxygen atoms in total. The second-order valence-corrected chi connectivity index (χ2v) is 4.54. The van der Waals surface area contributed by atoms with Gasteiger partial charge in [-0.25, -0.2) is 4.79 Å². The number of carbonyl (C=O) groups excluding carboxylic acids is 1. The highest BCUT2D eigenvalue weighted by atomic mass is 16.6. The van der Waals surface area contributed by atoms with E-state index >= 15 is 0 Å². The van der Waals surface area contributed by atoms with Gasteiger partial charge in [0.25, 0.3) is 0 Å². The first-order chi connectivity index (χ1) is 8.16. The van der Waals surface area contributed by atoms with Gasteiger partial charge in [0, 0.05) is 12.8 Å². The molecule has 1 aliphatic rings. The van der Waals surface area contributed by atoms with Crippen LogP contribution in [0, 0.1) is 13.8 Å². The molecule has 0 bridgehead atoms. The molecule has 1 aromatic carbocycles. The van der Waals surface area contributed by atoms with Crippen LogP contribution in [-0.4, -0.2) is 25.3 Å². The summed E-state index contributed by atoms with van der Waals surface area (Å²) in [4.78, 5) is 12.0. The van der Waals surface area contributed by atoms with Crippen LogP contribution >= 0.6 is 0 Å². The number of hydrogen-bond donors (Lipinski definition) is 0. The van der Waals surface area contributed by atoms with Crippen LogP contribution in [0.1, 0.15) is 34.3 Å². The lowest BCUT2D eigenvalue weighted by atomic mass is 10.1. The zero-order valence-electron chi connectivity index (χ0n) is 10.4. The molecule has 0 N–H and O–H groups in total. The number of ether oxygens (including phenoxy) is 2. The van der Waals surface area contributed by atoms with Gasteiger partial charge in [0.05, 0.1) is 18.8 Å². The van der Waals surface area contributed by atoms with Gasteiger partial charge in [0.1, 0.15) is 6.10 Å². The highest BCUT2D eigenvalue weighted by molar-refractivity contribution is 5.91. The second kappa shape index (κ2) is 5.32. The van der Waals surface area contributed by atoms with Gasteiger partial charge >= 0.3 is 5.97 Å². The Labute approximate surface area is 102 Å². The van der Waals surface area contributed by atoms with Crippen molar-refractivity contribution in [3.63, 3.8) is 0 Å². The highest BCUT2D eigenvalue weighted by Crippen LogP contribution is 2.16. The normalized spacial score (nSPS) is 16.8. The van der Waals surface area contributed by atoms with Crippen LogP contribution in [0.5, 0.6) is 0 Å². The fraction of sp³-hybridized carbons (Fsp3) is 0.500. The summed E-state index contributed by atoms with van der Waals surface area (Å²) in [6.45, 7) is 5.28. The number of esters is 1. The molecule has 1 heterocycles. The third-order valence-corrected chi connectivity index (χ3v) is 3.06. The molecule has 0 spiro atoms. The molecule has 0 unspecified atom stereocenters. The minimum absolute atomic E-state index is 0.0103. The molecule has 1 saturated heterocycles. The number of benzene rings is 1. The van der Waals surface area contributed by atoms with E-state index < -0.39 is 0 Å². The van der Waals surface area contributed by atoms with Crippen LogP contribution < -0.4 is 0 Å². The minimum atomic E-state index is -0.210. The average Bonchev–Trinajstić information content (AvgIpc) is 2.33. The predicted octanol–water partition coefficient (Wildman–Crippen LogP) is 2.64. The predicted molar refractivity (Wildman–Crippen MR) is 65.2 cm³/mol. The van der Waals surface area contributed by atoms with Crippen molar-refractivity contribution in [3.8, 4) is 0 Å². The zero-order chi connectivity index (χ0) is 12.3. The average molecular weight is 234 g/mol. The van der Waals surface area contributed by atoms with Gasteiger partial charge in [0.15, 0.2) is 0 Å². The van der Waals surface area contributed by atoms with Crippen LogP contribution in [0.2, 0.25) is 0 Å². The van der Waals surface area contributed by atoms with Gasteiger partial charge in [-0.1, -0.05) is 17.7 Å². The molecule has 0 aliphatic carbocycles. The van der Waals surface area contributed by atoms with E-state index in [2.05, 4.69) is 0 Å². The van der Waals surface area contributed by atoms with Crippen LogP contribution in [0.25, 0.3) is 0 Å². The van der Waals surface area contributed by atoms with Crippen molar-refractivity contribution >= 4 is 5.97 Å². The van der Waals surface area contributed by atoms with Crippen LogP contribution in [0.3, 0.4) is 0 Å². The molecule has 2 rings (SSSR count). The molecule has 92 valence electrons. The summed E-state index contributed by atoms with van der Waals surface area (Å²) in [7, 11) is 0. The Balaban J connectivity index is 2.05. The molecule has 3 heteroatoms. The van der Waals surface area contributed by atoms with E-state index in [-0.39, 0.29) is 12.1 Å². The van der Waals surface area contributed by atoms with E-state index in [0.717, 1.165) is 24.0 Å². The van der Waals surface area contributed by atoms with Gasteiger partial charge in [-0.05, 0) is 25.5 Å². The van der Waals surface area contributed by atoms with Crippen LogP contribution in [0.4, 0.5) is 0 Å². The van der Waals surface area contributed by atoms with Crippen molar-refractivity contribution < 1.29 is 14.3 Å². The molecule has 0 saturated carbocycles. The van der Waals surface area contributed by atoms with Crippen molar-refractivity contribution in [2.24, 2.45) is 0 Å². The monoisotopic (exact) mass is 234 g/mol. The molecule has 0 radical (unpaired) electrons. The van der Waals surface area contributed by atoms with E-state index in [1.54, 1.807) is 0 Å². The van der Waals surface area contributed by atoms with Crippen molar-refractivity contribution in [1.82, 2.24) is 0 Å². The Kier molecular flexibility index (Phi) is 3.79. The summed E-state index contributed by atoms with van der Waals surface area (Å²) in [6, 6.07) is 5.84. The molecule has 0 amide bonds. The summed E-state index contributed by atoms with van der Waals surface area (Å²) >= 11 is 0. The Morgan fingerprint density at radius 3 is 2.71 bits per heavy atom. The molecule has 17 heavy (non-hydrogen) atoms. The SMILES string of the molecule is Cc1ccc(C)c(C(=O)OC2CCOCC2)c1. The molecule has 0 aromatic heterocycles. The first kappa shape index (κ1) is 12.1. The lowest BCUT2D eigenvalue weighted by Gasteiger charge is -2.22. The molecular weight excluding hydrogens is 216 g/mol. The number of carbonyl (C=O) groups is 1. The maximum atomic E-state index is 12.0. The topological polar surface area (TPSA) is 35.5 Å². The number of aryl methyl sites for hydroxylation is 2. The van der Waals surface area contributed by atoms with Gasteiger partial charge in [-0.2, -0.15) is 0 Å². The van der Waals surface area contributed by atoms with E-state index in [4.69, 9.17) is 9.47 Å². The zero-order valence-corrected chi connectivity index (χ0v) is 10.4. The Morgan fingerprint density at radius 1 is 1.29 bits per heavy atom. The van der Waals surface area contributed by atoms with Gasteiger partial charge in [-0.3, -0.25) is 0 Å². The summed E-state index contributed by atoms with van der Waals surface area (Å²) in [5.41, 5.74) is 2.72. The largest absolute Gasteiger partial charge is 0.459 e. The first-order valence-corrected chi connectivity index (χ1v) is 6.03. The molecular formula is C14H18O3. The fourth-order valence-electron chi connectivity index (χ4n) is 1.96. The Morgan fingerprint density at radius 2 is 2.00 bits per heavy atom.